The first kappa shape index (κ1) is 19.5. The molecule has 0 spiro atoms. The molecule has 2 atom stereocenters. The molecule has 0 bridgehead atoms. The molecule has 0 radical (unpaired) electrons. The largest absolute Gasteiger partial charge is 0.346 e. The average molecular weight is 414 g/mol. The number of hydrogen-bond acceptors (Lipinski definition) is 3. The van der Waals surface area contributed by atoms with Crippen molar-refractivity contribution < 1.29 is 4.79 Å². The number of aromatic nitrogens is 4. The molecule has 1 aromatic carbocycles. The number of nitrogens with zero attached hydrogens (tertiary/aromatic N) is 4. The molecule has 1 aliphatic rings. The Balaban J connectivity index is 1.23. The number of likely N-dealkylation sites (tertiary alicyclic amines) is 1. The lowest BCUT2D eigenvalue weighted by Crippen LogP contribution is -2.34. The van der Waals surface area contributed by atoms with E-state index in [1.165, 1.54) is 10.9 Å². The minimum Gasteiger partial charge on any atom is -0.346 e. The third-order valence-corrected chi connectivity index (χ3v) is 6.36. The second kappa shape index (κ2) is 8.38. The molecule has 1 N–H and O–H groups in total. The van der Waals surface area contributed by atoms with Gasteiger partial charge in [-0.15, -0.1) is 0 Å². The minimum absolute atomic E-state index is 0.266. The summed E-state index contributed by atoms with van der Waals surface area (Å²) in [4.78, 5) is 19.5. The zero-order chi connectivity index (χ0) is 21.2. The summed E-state index contributed by atoms with van der Waals surface area (Å²) in [6.07, 6.45) is 10.1. The van der Waals surface area contributed by atoms with E-state index in [0.717, 1.165) is 42.7 Å². The fraction of sp³-hybridized carbons (Fsp3) is 0.320. The van der Waals surface area contributed by atoms with Gasteiger partial charge in [-0.3, -0.25) is 14.9 Å². The number of aryl methyl sites for hydroxylation is 1. The Labute approximate surface area is 181 Å². The lowest BCUT2D eigenvalue weighted by molar-refractivity contribution is -0.131. The number of H-pyrrole nitrogens is 1. The summed E-state index contributed by atoms with van der Waals surface area (Å²) in [5.41, 5.74) is 4.27. The second-order valence-electron chi connectivity index (χ2n) is 8.57. The Kier molecular flexibility index (Phi) is 5.28. The van der Waals surface area contributed by atoms with Crippen LogP contribution in [-0.4, -0.2) is 43.1 Å². The van der Waals surface area contributed by atoms with Crippen LogP contribution in [0.1, 0.15) is 25.3 Å². The molecule has 4 heterocycles. The van der Waals surface area contributed by atoms with Crippen LogP contribution in [-0.2, 0) is 17.8 Å². The van der Waals surface area contributed by atoms with Crippen molar-refractivity contribution in [1.82, 2.24) is 24.6 Å². The summed E-state index contributed by atoms with van der Waals surface area (Å²) < 4.78 is 2.27. The lowest BCUT2D eigenvalue weighted by Gasteiger charge is -2.21. The number of rotatable bonds is 6. The molecule has 4 aromatic rings. The molecule has 5 rings (SSSR count). The number of carbonyl (C=O) groups excluding carboxylic acids is 1. The fourth-order valence-electron chi connectivity index (χ4n) is 4.74. The smallest absolute Gasteiger partial charge is 0.223 e. The van der Waals surface area contributed by atoms with E-state index < -0.39 is 0 Å². The molecule has 31 heavy (non-hydrogen) atoms. The quantitative estimate of drug-likeness (QED) is 0.513. The normalized spacial score (nSPS) is 18.7. The van der Waals surface area contributed by atoms with E-state index in [2.05, 4.69) is 62.0 Å². The molecule has 1 saturated heterocycles. The van der Waals surface area contributed by atoms with Crippen LogP contribution in [0.2, 0.25) is 0 Å². The number of carbonyl (C=O) groups is 1. The van der Waals surface area contributed by atoms with Crippen LogP contribution < -0.4 is 0 Å². The number of fused-ring (bicyclic) bond motifs is 1. The van der Waals surface area contributed by atoms with Crippen molar-refractivity contribution in [3.05, 3.63) is 72.8 Å². The van der Waals surface area contributed by atoms with Gasteiger partial charge in [0.1, 0.15) is 0 Å². The number of aromatic amines is 1. The Morgan fingerprint density at radius 2 is 2.06 bits per heavy atom. The Morgan fingerprint density at radius 1 is 1.19 bits per heavy atom. The topological polar surface area (TPSA) is 66.8 Å². The van der Waals surface area contributed by atoms with Crippen molar-refractivity contribution in [2.75, 3.05) is 6.54 Å². The van der Waals surface area contributed by atoms with Gasteiger partial charge in [-0.25, -0.2) is 0 Å². The van der Waals surface area contributed by atoms with Gasteiger partial charge in [-0.1, -0.05) is 30.3 Å². The first-order valence-corrected chi connectivity index (χ1v) is 10.9. The standard InChI is InChI=1S/C25H27N5O/c1-18-11-20(17-30(18)25(31)8-7-19-5-3-2-4-6-19)16-29-10-9-21-12-23(26-15-24(21)29)22-13-27-28-14-22/h2-6,9-10,12-15,18,20H,7-8,11,16-17H2,1H3,(H,27,28)/t18-,20-/m0/s1. The average Bonchev–Trinajstić information content (AvgIpc) is 3.53. The molecule has 0 unspecified atom stereocenters. The maximum atomic E-state index is 12.8. The number of amides is 1. The second-order valence-corrected chi connectivity index (χ2v) is 8.57. The van der Waals surface area contributed by atoms with Crippen LogP contribution in [0.25, 0.3) is 22.2 Å². The summed E-state index contributed by atoms with van der Waals surface area (Å²) in [6.45, 7) is 3.91. The molecule has 1 fully saturated rings. The number of hydrogen-bond donors (Lipinski definition) is 1. The van der Waals surface area contributed by atoms with Gasteiger partial charge in [0.25, 0.3) is 0 Å². The van der Waals surface area contributed by atoms with Crippen molar-refractivity contribution in [3.8, 4) is 11.3 Å². The van der Waals surface area contributed by atoms with Gasteiger partial charge in [0.15, 0.2) is 0 Å². The number of pyridine rings is 1. The highest BCUT2D eigenvalue weighted by Crippen LogP contribution is 2.28. The summed E-state index contributed by atoms with van der Waals surface area (Å²) in [5.74, 6) is 0.725. The zero-order valence-electron chi connectivity index (χ0n) is 17.7. The lowest BCUT2D eigenvalue weighted by atomic mass is 10.1. The van der Waals surface area contributed by atoms with E-state index in [-0.39, 0.29) is 5.91 Å². The molecule has 1 amide bonds. The predicted octanol–water partition coefficient (Wildman–Crippen LogP) is 4.30. The minimum atomic E-state index is 0.266. The van der Waals surface area contributed by atoms with Crippen molar-refractivity contribution in [3.63, 3.8) is 0 Å². The van der Waals surface area contributed by atoms with E-state index in [9.17, 15) is 4.79 Å². The SMILES string of the molecule is C[C@H]1C[C@@H](Cn2ccc3cc(-c4cn[nH]c4)ncc32)CN1C(=O)CCc1ccccc1. The Morgan fingerprint density at radius 3 is 2.87 bits per heavy atom. The highest BCUT2D eigenvalue weighted by molar-refractivity contribution is 5.83. The van der Waals surface area contributed by atoms with E-state index >= 15 is 0 Å². The molecule has 0 aliphatic carbocycles. The summed E-state index contributed by atoms with van der Waals surface area (Å²) in [6, 6.07) is 14.8. The molecule has 6 heteroatoms. The van der Waals surface area contributed by atoms with E-state index in [1.54, 1.807) is 6.20 Å². The van der Waals surface area contributed by atoms with Crippen LogP contribution in [0.4, 0.5) is 0 Å². The van der Waals surface area contributed by atoms with Gasteiger partial charge in [0, 0.05) is 48.9 Å². The van der Waals surface area contributed by atoms with Gasteiger partial charge in [0.05, 0.1) is 23.6 Å². The fourth-order valence-corrected chi connectivity index (χ4v) is 4.74. The number of nitrogens with one attached hydrogen (secondary N) is 1. The van der Waals surface area contributed by atoms with Gasteiger partial charge < -0.3 is 9.47 Å². The van der Waals surface area contributed by atoms with Gasteiger partial charge in [-0.2, -0.15) is 5.10 Å². The van der Waals surface area contributed by atoms with Crippen molar-refractivity contribution >= 4 is 16.8 Å². The molecular formula is C25H27N5O. The molecule has 3 aromatic heterocycles. The van der Waals surface area contributed by atoms with Crippen LogP contribution in [0.3, 0.4) is 0 Å². The molecule has 0 saturated carbocycles. The van der Waals surface area contributed by atoms with Crippen molar-refractivity contribution in [1.29, 1.82) is 0 Å². The maximum absolute atomic E-state index is 12.8. The van der Waals surface area contributed by atoms with E-state index in [4.69, 9.17) is 0 Å². The van der Waals surface area contributed by atoms with Crippen molar-refractivity contribution in [2.45, 2.75) is 38.8 Å². The van der Waals surface area contributed by atoms with E-state index in [0.29, 0.717) is 18.4 Å². The third-order valence-electron chi connectivity index (χ3n) is 6.36. The molecule has 6 nitrogen and oxygen atoms in total. The van der Waals surface area contributed by atoms with Gasteiger partial charge >= 0.3 is 0 Å². The highest BCUT2D eigenvalue weighted by Gasteiger charge is 2.32. The van der Waals surface area contributed by atoms with Crippen LogP contribution in [0.15, 0.2) is 67.3 Å². The highest BCUT2D eigenvalue weighted by atomic mass is 16.2. The van der Waals surface area contributed by atoms with Gasteiger partial charge in [-0.05, 0) is 43.4 Å². The predicted molar refractivity (Wildman–Crippen MR) is 121 cm³/mol. The first-order valence-electron chi connectivity index (χ1n) is 10.9. The molecular weight excluding hydrogens is 386 g/mol. The summed E-state index contributed by atoms with van der Waals surface area (Å²) in [7, 11) is 0. The van der Waals surface area contributed by atoms with E-state index in [1.807, 2.05) is 30.6 Å². The monoisotopic (exact) mass is 413 g/mol. The molecule has 1 aliphatic heterocycles. The number of benzene rings is 1. The summed E-state index contributed by atoms with van der Waals surface area (Å²) in [5, 5.41) is 8.02. The first-order chi connectivity index (χ1) is 15.2. The summed E-state index contributed by atoms with van der Waals surface area (Å²) >= 11 is 0. The molecule has 158 valence electrons. The van der Waals surface area contributed by atoms with Crippen LogP contribution in [0.5, 0.6) is 0 Å². The van der Waals surface area contributed by atoms with Gasteiger partial charge in [0.2, 0.25) is 5.91 Å². The third kappa shape index (κ3) is 4.10. The van der Waals surface area contributed by atoms with Crippen molar-refractivity contribution in [2.24, 2.45) is 5.92 Å². The zero-order valence-corrected chi connectivity index (χ0v) is 17.7. The Bertz CT molecular complexity index is 1170. The van der Waals surface area contributed by atoms with Crippen LogP contribution >= 0.6 is 0 Å². The van der Waals surface area contributed by atoms with Crippen LogP contribution in [0, 0.1) is 5.92 Å². The Hall–Kier alpha value is -3.41. The maximum Gasteiger partial charge on any atom is 0.223 e.